The molecule has 5 atom stereocenters. The normalized spacial score (nSPS) is 14.5. The Morgan fingerprint density at radius 2 is 0.520 bits per heavy atom. The SMILES string of the molecule is CCCCC/C=C\C/C=C\C/C=C\C/C=C\CCCC(=O)OC[C@H](COP(=O)(O)OC[C@H](O)COP(=O)(O)OC[C@@H](COC(=O)CCCCCCC/C=C\C=C/CCCCCC)OC(=O)CCCCCCC/C=C\C/C=C\CCCCC)OC(=O)CCCCCCC/C=C\CCCCCCCC. The molecule has 0 bridgehead atoms. The summed E-state index contributed by atoms with van der Waals surface area (Å²) in [5, 5.41) is 10.6. The summed E-state index contributed by atoms with van der Waals surface area (Å²) < 4.78 is 68.5. The van der Waals surface area contributed by atoms with Crippen LogP contribution in [-0.2, 0) is 65.4 Å². The third-order valence-corrected chi connectivity index (χ3v) is 18.6. The molecule has 0 rings (SSSR count). The van der Waals surface area contributed by atoms with E-state index in [9.17, 15) is 43.2 Å². The first-order chi connectivity index (χ1) is 49.7. The molecule has 0 amide bonds. The minimum atomic E-state index is -4.99. The zero-order chi connectivity index (χ0) is 74.6. The Labute approximate surface area is 619 Å². The molecule has 0 fully saturated rings. The van der Waals surface area contributed by atoms with E-state index in [2.05, 4.69) is 125 Å². The van der Waals surface area contributed by atoms with Crippen molar-refractivity contribution in [2.75, 3.05) is 39.6 Å². The second-order valence-electron chi connectivity index (χ2n) is 26.7. The molecule has 17 nitrogen and oxygen atoms in total. The van der Waals surface area contributed by atoms with E-state index in [-0.39, 0.29) is 25.7 Å². The van der Waals surface area contributed by atoms with Crippen LogP contribution in [0.4, 0.5) is 0 Å². The quantitative estimate of drug-likeness (QED) is 0.0128. The van der Waals surface area contributed by atoms with E-state index in [4.69, 9.17) is 37.0 Å². The molecule has 0 radical (unpaired) electrons. The number of aliphatic hydroxyl groups excluding tert-OH is 1. The lowest BCUT2D eigenvalue weighted by molar-refractivity contribution is -0.161. The number of rotatable bonds is 75. The van der Waals surface area contributed by atoms with Crippen LogP contribution >= 0.6 is 15.6 Å². The fourth-order valence-corrected chi connectivity index (χ4v) is 12.1. The number of ether oxygens (including phenoxy) is 4. The zero-order valence-corrected chi connectivity index (χ0v) is 66.0. The van der Waals surface area contributed by atoms with E-state index in [0.717, 1.165) is 148 Å². The molecule has 19 heteroatoms. The summed E-state index contributed by atoms with van der Waals surface area (Å²) in [6.07, 6.45) is 80.7. The van der Waals surface area contributed by atoms with Crippen LogP contribution < -0.4 is 0 Å². The summed E-state index contributed by atoms with van der Waals surface area (Å²) >= 11 is 0. The van der Waals surface area contributed by atoms with Crippen molar-refractivity contribution in [3.8, 4) is 0 Å². The number of allylic oxidation sites excluding steroid dienone is 18. The van der Waals surface area contributed by atoms with Gasteiger partial charge in [-0.1, -0.05) is 272 Å². The lowest BCUT2D eigenvalue weighted by Gasteiger charge is -2.21. The van der Waals surface area contributed by atoms with Crippen molar-refractivity contribution >= 4 is 39.5 Å². The number of hydrogen-bond acceptors (Lipinski definition) is 15. The molecular weight excluding hydrogens is 1330 g/mol. The molecule has 0 saturated carbocycles. The molecule has 2 unspecified atom stereocenters. The summed E-state index contributed by atoms with van der Waals surface area (Å²) in [5.74, 6) is -2.27. The van der Waals surface area contributed by atoms with Crippen molar-refractivity contribution in [2.45, 2.75) is 354 Å². The van der Waals surface area contributed by atoms with Gasteiger partial charge >= 0.3 is 39.5 Å². The fourth-order valence-electron chi connectivity index (χ4n) is 10.5. The molecule has 0 aliphatic rings. The van der Waals surface area contributed by atoms with Crippen LogP contribution in [-0.4, -0.2) is 96.7 Å². The number of unbranched alkanes of at least 4 members (excludes halogenated alkanes) is 32. The lowest BCUT2D eigenvalue weighted by atomic mass is 10.1. The van der Waals surface area contributed by atoms with Crippen LogP contribution in [0.25, 0.3) is 0 Å². The Kier molecular flexibility index (Phi) is 71.8. The molecule has 0 heterocycles. The maximum Gasteiger partial charge on any atom is 0.472 e. The molecule has 588 valence electrons. The van der Waals surface area contributed by atoms with Crippen molar-refractivity contribution in [1.82, 2.24) is 0 Å². The van der Waals surface area contributed by atoms with E-state index in [0.29, 0.717) is 32.1 Å². The van der Waals surface area contributed by atoms with E-state index in [1.54, 1.807) is 0 Å². The van der Waals surface area contributed by atoms with Gasteiger partial charge in [-0.15, -0.1) is 0 Å². The highest BCUT2D eigenvalue weighted by atomic mass is 31.2. The number of carbonyl (C=O) groups is 4. The minimum absolute atomic E-state index is 0.0724. The predicted molar refractivity (Wildman–Crippen MR) is 418 cm³/mol. The van der Waals surface area contributed by atoms with Crippen LogP contribution in [0.3, 0.4) is 0 Å². The predicted octanol–water partition coefficient (Wildman–Crippen LogP) is 23.3. The molecule has 0 spiro atoms. The standard InChI is InChI=1S/C83H144O17P2/c1-5-9-13-17-21-25-29-33-37-38-42-44-48-52-56-60-64-68-81(86)94-74-79(100-83(88)70-66-62-58-54-50-46-41-36-32-28-24-20-16-12-8-4)76-98-102(91,92)96-72-77(84)71-95-101(89,90)97-75-78(99-82(87)69-65-61-57-53-49-45-40-35-31-27-23-19-15-11-7-3)73-93-80(85)67-63-59-55-51-47-43-39-34-30-26-22-18-14-10-6-2/h21,23,25-27,30,33-37,39-42,44,52,56,77-79,84H,5-20,22,24,28-29,31-32,38,43,45-51,53-55,57-76H2,1-4H3,(H,89,90)(H,91,92)/b25-21-,27-23-,30-26-,37-33-,39-34-,40-35-,41-36-,44-42-,56-52-/t77-,78-,79-/m1/s1. The van der Waals surface area contributed by atoms with Gasteiger partial charge in [0.1, 0.15) is 19.3 Å². The molecule has 102 heavy (non-hydrogen) atoms. The average molecular weight is 1480 g/mol. The molecule has 0 saturated heterocycles. The van der Waals surface area contributed by atoms with Crippen LogP contribution in [0.5, 0.6) is 0 Å². The number of phosphoric acid groups is 2. The molecule has 0 aromatic heterocycles. The Morgan fingerprint density at radius 3 is 0.873 bits per heavy atom. The Balaban J connectivity index is 5.43. The first-order valence-electron chi connectivity index (χ1n) is 40.1. The third-order valence-electron chi connectivity index (χ3n) is 16.7. The van der Waals surface area contributed by atoms with Crippen molar-refractivity contribution in [3.63, 3.8) is 0 Å². The number of hydrogen-bond donors (Lipinski definition) is 3. The smallest absolute Gasteiger partial charge is 0.462 e. The van der Waals surface area contributed by atoms with Crippen molar-refractivity contribution in [3.05, 3.63) is 109 Å². The van der Waals surface area contributed by atoms with E-state index < -0.39 is 97.5 Å². The van der Waals surface area contributed by atoms with Crippen LogP contribution in [0.15, 0.2) is 109 Å². The van der Waals surface area contributed by atoms with Crippen LogP contribution in [0, 0.1) is 0 Å². The van der Waals surface area contributed by atoms with Gasteiger partial charge in [0.05, 0.1) is 26.4 Å². The largest absolute Gasteiger partial charge is 0.472 e. The second kappa shape index (κ2) is 75.0. The highest BCUT2D eigenvalue weighted by Crippen LogP contribution is 2.45. The number of aliphatic hydroxyl groups is 1. The first kappa shape index (κ1) is 97.7. The topological polar surface area (TPSA) is 237 Å². The summed E-state index contributed by atoms with van der Waals surface area (Å²) in [6, 6.07) is 0. The lowest BCUT2D eigenvalue weighted by Crippen LogP contribution is -2.30. The molecular formula is C83H144O17P2. The highest BCUT2D eigenvalue weighted by Gasteiger charge is 2.30. The zero-order valence-electron chi connectivity index (χ0n) is 64.3. The van der Waals surface area contributed by atoms with E-state index >= 15 is 0 Å². The molecule has 0 aromatic carbocycles. The molecule has 3 N–H and O–H groups in total. The van der Waals surface area contributed by atoms with E-state index in [1.807, 2.05) is 12.2 Å². The summed E-state index contributed by atoms with van der Waals surface area (Å²) in [7, 11) is -9.98. The average Bonchev–Trinajstić information content (AvgIpc) is 0.923. The molecule has 0 aliphatic carbocycles. The van der Waals surface area contributed by atoms with Gasteiger partial charge in [0, 0.05) is 25.7 Å². The Bertz CT molecular complexity index is 2360. The van der Waals surface area contributed by atoms with Crippen LogP contribution in [0.2, 0.25) is 0 Å². The highest BCUT2D eigenvalue weighted by molar-refractivity contribution is 7.47. The number of esters is 4. The second-order valence-corrected chi connectivity index (χ2v) is 29.6. The van der Waals surface area contributed by atoms with Crippen molar-refractivity contribution < 1.29 is 80.2 Å². The minimum Gasteiger partial charge on any atom is -0.462 e. The van der Waals surface area contributed by atoms with Gasteiger partial charge in [0.2, 0.25) is 0 Å². The van der Waals surface area contributed by atoms with Gasteiger partial charge in [0.15, 0.2) is 12.2 Å². The Hall–Kier alpha value is -4.28. The summed E-state index contributed by atoms with van der Waals surface area (Å²) in [4.78, 5) is 73.0. The monoisotopic (exact) mass is 1470 g/mol. The van der Waals surface area contributed by atoms with Gasteiger partial charge in [-0.3, -0.25) is 37.3 Å². The first-order valence-corrected chi connectivity index (χ1v) is 43.1. The van der Waals surface area contributed by atoms with Gasteiger partial charge in [-0.05, 0) is 148 Å². The number of phosphoric ester groups is 2. The number of carbonyl (C=O) groups excluding carboxylic acids is 4. The molecule has 0 aliphatic heterocycles. The van der Waals surface area contributed by atoms with Crippen molar-refractivity contribution in [1.29, 1.82) is 0 Å². The van der Waals surface area contributed by atoms with Gasteiger partial charge in [-0.25, -0.2) is 9.13 Å². The van der Waals surface area contributed by atoms with Gasteiger partial charge < -0.3 is 33.8 Å². The molecule has 0 aromatic rings. The van der Waals surface area contributed by atoms with Crippen LogP contribution in [0.1, 0.15) is 336 Å². The van der Waals surface area contributed by atoms with Gasteiger partial charge in [0.25, 0.3) is 0 Å². The van der Waals surface area contributed by atoms with Gasteiger partial charge in [-0.2, -0.15) is 0 Å². The maximum atomic E-state index is 13.1. The fraction of sp³-hybridized carbons (Fsp3) is 0.735. The maximum absolute atomic E-state index is 13.1. The van der Waals surface area contributed by atoms with Crippen molar-refractivity contribution in [2.24, 2.45) is 0 Å². The summed E-state index contributed by atoms with van der Waals surface area (Å²) in [5.41, 5.74) is 0. The van der Waals surface area contributed by atoms with E-state index in [1.165, 1.54) is 103 Å². The third kappa shape index (κ3) is 74.0. The summed E-state index contributed by atoms with van der Waals surface area (Å²) in [6.45, 7) is 4.72. The Morgan fingerprint density at radius 1 is 0.284 bits per heavy atom.